The summed E-state index contributed by atoms with van der Waals surface area (Å²) in [6.07, 6.45) is 0. The second-order valence-corrected chi connectivity index (χ2v) is 2.83. The Kier molecular flexibility index (Phi) is 550. The van der Waals surface area contributed by atoms with Gasteiger partial charge in [-0.2, -0.15) is 0 Å². The molecule has 0 rings (SSSR count). The average Bonchev–Trinajstić information content (AvgIpc) is 3.06. The number of hydrogen-bond acceptors (Lipinski definition) is 4. The van der Waals surface area contributed by atoms with Gasteiger partial charge in [0.1, 0.15) is 13.2 Å². The molecular weight excluding hydrogens is 472 g/mol. The largest absolute Gasteiger partial charge is 0.459 e. The van der Waals surface area contributed by atoms with Crippen molar-refractivity contribution in [2.75, 3.05) is 13.2 Å². The van der Waals surface area contributed by atoms with Gasteiger partial charge in [0.05, 0.1) is 0 Å². The summed E-state index contributed by atoms with van der Waals surface area (Å²) in [4.78, 5) is 21.7. The first-order valence-electron chi connectivity index (χ1n) is 10.1. The molecule has 222 valence electrons. The normalized spacial score (nSPS) is 4.58. The highest BCUT2D eigenvalue weighted by Crippen LogP contribution is 1.94. The Labute approximate surface area is 240 Å². The fraction of sp³-hybridized carbons (Fsp3) is 0.118. The van der Waals surface area contributed by atoms with Crippen LogP contribution in [0.25, 0.3) is 0 Å². The highest BCUT2D eigenvalue weighted by Gasteiger charge is 2.05. The van der Waals surface area contributed by atoms with Crippen LogP contribution in [0.2, 0.25) is 0 Å². The van der Waals surface area contributed by atoms with Crippen LogP contribution in [0.5, 0.6) is 0 Å². The molecule has 0 spiro atoms. The molecule has 0 radical (unpaired) electrons. The molecule has 0 aromatic rings. The third kappa shape index (κ3) is 271. The van der Waals surface area contributed by atoms with Crippen LogP contribution < -0.4 is 0 Å². The molecule has 0 fully saturated rings. The molecule has 0 saturated heterocycles. The van der Waals surface area contributed by atoms with Gasteiger partial charge in [0, 0.05) is 11.1 Å². The molecule has 0 N–H and O–H groups in total. The Morgan fingerprint density at radius 2 is 0.474 bits per heavy atom. The summed E-state index contributed by atoms with van der Waals surface area (Å²) in [7, 11) is 0. The standard InChI is InChI=1S/C10H14O4.12C2H4/c1-7(2)9(11)13-5-6-14-10(12)8(3)4;12*1-2/h1,3,5-6H2,2,4H3;12*1-2H2. The van der Waals surface area contributed by atoms with E-state index >= 15 is 0 Å². The van der Waals surface area contributed by atoms with Crippen molar-refractivity contribution >= 4 is 11.9 Å². The lowest BCUT2D eigenvalue weighted by Gasteiger charge is -2.05. The third-order valence-corrected chi connectivity index (χ3v) is 1.25. The van der Waals surface area contributed by atoms with Gasteiger partial charge in [-0.05, 0) is 13.8 Å². The number of rotatable bonds is 5. The summed E-state index contributed by atoms with van der Waals surface area (Å²) in [5.74, 6) is -0.979. The Morgan fingerprint density at radius 3 is 0.553 bits per heavy atom. The van der Waals surface area contributed by atoms with Crippen molar-refractivity contribution in [2.24, 2.45) is 0 Å². The number of carbonyl (C=O) groups excluding carboxylic acids is 2. The molecule has 0 aliphatic rings. The van der Waals surface area contributed by atoms with Crippen LogP contribution >= 0.6 is 0 Å². The molecule has 0 atom stereocenters. The first-order valence-corrected chi connectivity index (χ1v) is 10.1. The highest BCUT2D eigenvalue weighted by molar-refractivity contribution is 5.87. The number of hydrogen-bond donors (Lipinski definition) is 0. The SMILES string of the molecule is C=C.C=C.C=C.C=C.C=C.C=C.C=C.C=C.C=C.C=C.C=C.C=C.C=C(C)C(=O)OCCOC(=O)C(=C)C. The van der Waals surface area contributed by atoms with Crippen molar-refractivity contribution < 1.29 is 19.1 Å². The van der Waals surface area contributed by atoms with E-state index < -0.39 is 11.9 Å². The number of carbonyl (C=O) groups is 2. The van der Waals surface area contributed by atoms with E-state index in [1.807, 2.05) is 0 Å². The molecule has 0 unspecified atom stereocenters. The molecule has 38 heavy (non-hydrogen) atoms. The maximum atomic E-state index is 10.8. The van der Waals surface area contributed by atoms with Crippen LogP contribution in [0, 0.1) is 0 Å². The fourth-order valence-corrected chi connectivity index (χ4v) is 0.515. The van der Waals surface area contributed by atoms with Crippen LogP contribution in [-0.2, 0) is 19.1 Å². The maximum Gasteiger partial charge on any atom is 0.333 e. The van der Waals surface area contributed by atoms with E-state index in [0.717, 1.165) is 0 Å². The van der Waals surface area contributed by atoms with E-state index in [1.165, 1.54) is 0 Å². The quantitative estimate of drug-likeness (QED) is 0.152. The van der Waals surface area contributed by atoms with Crippen molar-refractivity contribution in [3.05, 3.63) is 182 Å². The maximum absolute atomic E-state index is 10.8. The van der Waals surface area contributed by atoms with Gasteiger partial charge in [0.25, 0.3) is 0 Å². The second-order valence-electron chi connectivity index (χ2n) is 2.83. The minimum absolute atomic E-state index is 0.0325. The van der Waals surface area contributed by atoms with Gasteiger partial charge in [-0.25, -0.2) is 9.59 Å². The van der Waals surface area contributed by atoms with Crippen molar-refractivity contribution in [1.82, 2.24) is 0 Å². The summed E-state index contributed by atoms with van der Waals surface area (Å²) in [6.45, 7) is 82.0. The van der Waals surface area contributed by atoms with Crippen molar-refractivity contribution in [2.45, 2.75) is 13.8 Å². The van der Waals surface area contributed by atoms with Crippen molar-refractivity contribution in [1.29, 1.82) is 0 Å². The molecule has 0 amide bonds. The van der Waals surface area contributed by atoms with E-state index in [0.29, 0.717) is 11.1 Å². The first kappa shape index (κ1) is 84.3. The van der Waals surface area contributed by atoms with E-state index in [2.05, 4.69) is 181 Å². The van der Waals surface area contributed by atoms with Crippen molar-refractivity contribution in [3.63, 3.8) is 0 Å². The molecule has 0 saturated carbocycles. The van der Waals surface area contributed by atoms with Gasteiger partial charge in [-0.3, -0.25) is 0 Å². The Morgan fingerprint density at radius 1 is 0.368 bits per heavy atom. The summed E-state index contributed by atoms with van der Waals surface area (Å²) in [6, 6.07) is 0. The summed E-state index contributed by atoms with van der Waals surface area (Å²) in [5.41, 5.74) is 0.632. The Balaban J connectivity index is -0.0000000199. The average molecular weight is 535 g/mol. The molecule has 4 nitrogen and oxygen atoms in total. The summed E-state index contributed by atoms with van der Waals surface area (Å²) < 4.78 is 9.38. The molecule has 0 aliphatic carbocycles. The summed E-state index contributed by atoms with van der Waals surface area (Å²) in [5, 5.41) is 0. The fourth-order valence-electron chi connectivity index (χ4n) is 0.515. The summed E-state index contributed by atoms with van der Waals surface area (Å²) >= 11 is 0. The minimum atomic E-state index is -0.489. The molecule has 0 bridgehead atoms. The molecule has 0 aromatic carbocycles. The topological polar surface area (TPSA) is 52.6 Å². The minimum Gasteiger partial charge on any atom is -0.459 e. The highest BCUT2D eigenvalue weighted by atomic mass is 16.6. The van der Waals surface area contributed by atoms with Crippen LogP contribution in [0.15, 0.2) is 182 Å². The Hall–Kier alpha value is -4.70. The first-order chi connectivity index (χ1) is 18.4. The van der Waals surface area contributed by atoms with E-state index in [-0.39, 0.29) is 13.2 Å². The smallest absolute Gasteiger partial charge is 0.333 e. The van der Waals surface area contributed by atoms with Crippen LogP contribution in [0.3, 0.4) is 0 Å². The molecule has 0 heterocycles. The predicted octanol–water partition coefficient (Wildman–Crippen LogP) is 10.9. The molecule has 0 aromatic heterocycles. The zero-order valence-corrected chi connectivity index (χ0v) is 25.4. The lowest BCUT2D eigenvalue weighted by molar-refractivity contribution is -0.147. The van der Waals surface area contributed by atoms with Gasteiger partial charge < -0.3 is 9.47 Å². The van der Waals surface area contributed by atoms with Gasteiger partial charge in [-0.1, -0.05) is 13.2 Å². The van der Waals surface area contributed by atoms with E-state index in [1.54, 1.807) is 13.8 Å². The van der Waals surface area contributed by atoms with Crippen LogP contribution in [0.1, 0.15) is 13.8 Å². The predicted molar refractivity (Wildman–Crippen MR) is 187 cm³/mol. The van der Waals surface area contributed by atoms with Gasteiger partial charge >= 0.3 is 11.9 Å². The molecular formula is C34H62O4. The van der Waals surface area contributed by atoms with E-state index in [4.69, 9.17) is 0 Å². The van der Waals surface area contributed by atoms with E-state index in [9.17, 15) is 9.59 Å². The second kappa shape index (κ2) is 248. The van der Waals surface area contributed by atoms with Crippen molar-refractivity contribution in [3.8, 4) is 0 Å². The van der Waals surface area contributed by atoms with Gasteiger partial charge in [0.15, 0.2) is 0 Å². The zero-order chi connectivity index (χ0) is 35.1. The van der Waals surface area contributed by atoms with Gasteiger partial charge in [0.2, 0.25) is 0 Å². The van der Waals surface area contributed by atoms with Crippen LogP contribution in [0.4, 0.5) is 0 Å². The van der Waals surface area contributed by atoms with Gasteiger partial charge in [-0.15, -0.1) is 158 Å². The molecule has 0 aliphatic heterocycles. The third-order valence-electron chi connectivity index (χ3n) is 1.25. The lowest BCUT2D eigenvalue weighted by atomic mass is 10.4. The monoisotopic (exact) mass is 534 g/mol. The number of ether oxygens (including phenoxy) is 2. The lowest BCUT2D eigenvalue weighted by Crippen LogP contribution is -2.14. The van der Waals surface area contributed by atoms with Crippen LogP contribution in [-0.4, -0.2) is 25.2 Å². The molecule has 4 heteroatoms. The Bertz CT molecular complexity index is 357. The number of esters is 2. The zero-order valence-electron chi connectivity index (χ0n) is 25.4.